The molecule has 110 valence electrons. The number of amides is 2. The molecule has 0 spiro atoms. The second-order valence-corrected chi connectivity index (χ2v) is 5.94. The van der Waals surface area contributed by atoms with Crippen LogP contribution in [-0.2, 0) is 19.1 Å². The predicted molar refractivity (Wildman–Crippen MR) is 74.8 cm³/mol. The highest BCUT2D eigenvalue weighted by molar-refractivity contribution is 6.16. The third-order valence-corrected chi connectivity index (χ3v) is 3.45. The van der Waals surface area contributed by atoms with Gasteiger partial charge in [0.25, 0.3) is 5.91 Å². The molecule has 0 saturated carbocycles. The smallest absolute Gasteiger partial charge is 0.279 e. The van der Waals surface area contributed by atoms with Gasteiger partial charge in [-0.25, -0.2) is 4.99 Å². The maximum atomic E-state index is 12.1. The summed E-state index contributed by atoms with van der Waals surface area (Å²) < 4.78 is 11.3. The number of hydrogen-bond acceptors (Lipinski definition) is 4. The van der Waals surface area contributed by atoms with E-state index in [1.165, 1.54) is 0 Å². The van der Waals surface area contributed by atoms with E-state index in [0.29, 0.717) is 41.5 Å². The van der Waals surface area contributed by atoms with Gasteiger partial charge in [0.2, 0.25) is 6.41 Å². The van der Waals surface area contributed by atoms with Crippen molar-refractivity contribution in [2.45, 2.75) is 20.1 Å². The van der Waals surface area contributed by atoms with Crippen LogP contribution in [-0.4, -0.2) is 31.8 Å². The summed E-state index contributed by atoms with van der Waals surface area (Å²) in [6, 6.07) is 5.09. The van der Waals surface area contributed by atoms with E-state index < -0.39 is 6.29 Å². The van der Waals surface area contributed by atoms with Gasteiger partial charge in [-0.15, -0.1) is 0 Å². The summed E-state index contributed by atoms with van der Waals surface area (Å²) in [7, 11) is 0. The summed E-state index contributed by atoms with van der Waals surface area (Å²) in [6.07, 6.45) is -0.118. The summed E-state index contributed by atoms with van der Waals surface area (Å²) in [4.78, 5) is 26.6. The van der Waals surface area contributed by atoms with Gasteiger partial charge in [0.05, 0.1) is 24.1 Å². The molecule has 0 bridgehead atoms. The van der Waals surface area contributed by atoms with E-state index in [4.69, 9.17) is 9.47 Å². The zero-order valence-corrected chi connectivity index (χ0v) is 11.9. The van der Waals surface area contributed by atoms with Gasteiger partial charge in [-0.3, -0.25) is 9.59 Å². The fourth-order valence-electron chi connectivity index (χ4n) is 2.38. The fraction of sp³-hybridized carbons (Fsp3) is 0.400. The second kappa shape index (κ2) is 5.05. The van der Waals surface area contributed by atoms with E-state index >= 15 is 0 Å². The quantitative estimate of drug-likeness (QED) is 0.792. The maximum absolute atomic E-state index is 12.1. The first-order valence-corrected chi connectivity index (χ1v) is 6.71. The van der Waals surface area contributed by atoms with Crippen LogP contribution in [0.2, 0.25) is 0 Å². The lowest BCUT2D eigenvalue weighted by atomic mass is 9.95. The molecule has 1 aromatic carbocycles. The van der Waals surface area contributed by atoms with Crippen LogP contribution in [0, 0.1) is 5.41 Å². The molecule has 2 heterocycles. The first-order chi connectivity index (χ1) is 10.00. The number of anilines is 1. The van der Waals surface area contributed by atoms with Crippen molar-refractivity contribution >= 4 is 23.6 Å². The molecule has 21 heavy (non-hydrogen) atoms. The molecule has 6 nitrogen and oxygen atoms in total. The molecule has 2 amide bonds. The molecule has 0 radical (unpaired) electrons. The van der Waals surface area contributed by atoms with Crippen LogP contribution in [0.25, 0.3) is 5.57 Å². The van der Waals surface area contributed by atoms with Crippen LogP contribution in [0.3, 0.4) is 0 Å². The van der Waals surface area contributed by atoms with Crippen LogP contribution < -0.4 is 15.9 Å². The van der Waals surface area contributed by atoms with Gasteiger partial charge in [0, 0.05) is 16.3 Å². The van der Waals surface area contributed by atoms with Gasteiger partial charge < -0.3 is 14.8 Å². The van der Waals surface area contributed by atoms with E-state index in [1.54, 1.807) is 18.2 Å². The van der Waals surface area contributed by atoms with Gasteiger partial charge in [-0.05, 0) is 18.2 Å². The third kappa shape index (κ3) is 2.59. The number of ether oxygens (including phenoxy) is 2. The topological polar surface area (TPSA) is 77.0 Å². The summed E-state index contributed by atoms with van der Waals surface area (Å²) in [5, 5.41) is 3.78. The average Bonchev–Trinajstić information content (AvgIpc) is 2.75. The van der Waals surface area contributed by atoms with Crippen LogP contribution in [0.4, 0.5) is 5.69 Å². The third-order valence-electron chi connectivity index (χ3n) is 3.45. The van der Waals surface area contributed by atoms with Gasteiger partial charge in [-0.2, -0.15) is 0 Å². The van der Waals surface area contributed by atoms with E-state index in [1.807, 2.05) is 13.8 Å². The number of fused-ring (bicyclic) bond motifs is 1. The lowest BCUT2D eigenvalue weighted by Gasteiger charge is -2.34. The zero-order chi connectivity index (χ0) is 15.0. The number of carbonyl (C=O) groups excluding carboxylic acids is 2. The Kier molecular flexibility index (Phi) is 3.35. The minimum Gasteiger partial charge on any atom is -0.348 e. The molecular formula is C15H16N2O4. The summed E-state index contributed by atoms with van der Waals surface area (Å²) in [5.41, 5.74) is 0.928. The Balaban J connectivity index is 2.02. The second-order valence-electron chi connectivity index (χ2n) is 5.94. The van der Waals surface area contributed by atoms with E-state index in [2.05, 4.69) is 10.3 Å². The molecule has 3 rings (SSSR count). The average molecular weight is 288 g/mol. The van der Waals surface area contributed by atoms with Gasteiger partial charge in [0.1, 0.15) is 0 Å². The van der Waals surface area contributed by atoms with Gasteiger partial charge in [-0.1, -0.05) is 13.8 Å². The number of benzene rings is 1. The van der Waals surface area contributed by atoms with E-state index in [0.717, 1.165) is 0 Å². The monoisotopic (exact) mass is 288 g/mol. The summed E-state index contributed by atoms with van der Waals surface area (Å²) in [6.45, 7) is 5.09. The van der Waals surface area contributed by atoms with Crippen LogP contribution >= 0.6 is 0 Å². The van der Waals surface area contributed by atoms with Crippen molar-refractivity contribution in [3.63, 3.8) is 0 Å². The molecule has 1 fully saturated rings. The summed E-state index contributed by atoms with van der Waals surface area (Å²) in [5.74, 6) is -0.349. The SMILES string of the molecule is CC1(C)COC(C2=c3cc(NC=O)ccc3=NC2=O)OC1. The highest BCUT2D eigenvalue weighted by atomic mass is 16.7. The molecule has 1 N–H and O–H groups in total. The summed E-state index contributed by atoms with van der Waals surface area (Å²) >= 11 is 0. The molecule has 2 aliphatic heterocycles. The van der Waals surface area contributed by atoms with E-state index in [-0.39, 0.29) is 11.3 Å². The zero-order valence-electron chi connectivity index (χ0n) is 11.9. The highest BCUT2D eigenvalue weighted by Crippen LogP contribution is 2.26. The Hall–Kier alpha value is -2.05. The Morgan fingerprint density at radius 1 is 1.33 bits per heavy atom. The molecule has 0 aromatic heterocycles. The van der Waals surface area contributed by atoms with Crippen LogP contribution in [0.1, 0.15) is 13.8 Å². The first-order valence-electron chi connectivity index (χ1n) is 6.71. The van der Waals surface area contributed by atoms with Gasteiger partial charge in [0.15, 0.2) is 6.29 Å². The molecule has 2 aliphatic rings. The van der Waals surface area contributed by atoms with Crippen molar-refractivity contribution in [2.24, 2.45) is 10.4 Å². The Labute approximate surface area is 121 Å². The minimum absolute atomic E-state index is 0.0698. The number of rotatable bonds is 3. The first kappa shape index (κ1) is 13.9. The molecule has 1 saturated heterocycles. The fourth-order valence-corrected chi connectivity index (χ4v) is 2.38. The normalized spacial score (nSPS) is 20.9. The molecule has 0 aliphatic carbocycles. The lowest BCUT2D eigenvalue weighted by Crippen LogP contribution is -2.41. The minimum atomic E-state index is -0.706. The van der Waals surface area contributed by atoms with Gasteiger partial charge >= 0.3 is 0 Å². The highest BCUT2D eigenvalue weighted by Gasteiger charge is 2.34. The van der Waals surface area contributed by atoms with Crippen molar-refractivity contribution in [3.8, 4) is 0 Å². The van der Waals surface area contributed by atoms with Crippen molar-refractivity contribution < 1.29 is 19.1 Å². The standard InChI is InChI=1S/C15H16N2O4/c1-15(2)6-20-14(21-7-15)12-10-5-9(16-8-18)3-4-11(10)17-13(12)19/h3-5,8,14H,6-7H2,1-2H3,(H,16,18). The molecular weight excluding hydrogens is 272 g/mol. The molecule has 6 heteroatoms. The molecule has 0 unspecified atom stereocenters. The van der Waals surface area contributed by atoms with Crippen LogP contribution in [0.5, 0.6) is 0 Å². The van der Waals surface area contributed by atoms with Crippen molar-refractivity contribution in [2.75, 3.05) is 18.5 Å². The Morgan fingerprint density at radius 3 is 2.71 bits per heavy atom. The largest absolute Gasteiger partial charge is 0.348 e. The number of nitrogens with one attached hydrogen (secondary N) is 1. The van der Waals surface area contributed by atoms with Crippen molar-refractivity contribution in [3.05, 3.63) is 28.8 Å². The number of carbonyl (C=O) groups is 2. The molecule has 1 aromatic rings. The van der Waals surface area contributed by atoms with Crippen molar-refractivity contribution in [1.29, 1.82) is 0 Å². The number of nitrogens with zero attached hydrogens (tertiary/aromatic N) is 1. The maximum Gasteiger partial charge on any atom is 0.279 e. The van der Waals surface area contributed by atoms with Crippen LogP contribution in [0.15, 0.2) is 23.2 Å². The van der Waals surface area contributed by atoms with Crippen molar-refractivity contribution in [1.82, 2.24) is 0 Å². The Bertz CT molecular complexity index is 714. The molecule has 0 atom stereocenters. The number of hydrogen-bond donors (Lipinski definition) is 1. The van der Waals surface area contributed by atoms with E-state index in [9.17, 15) is 9.59 Å². The lowest BCUT2D eigenvalue weighted by molar-refractivity contribution is -0.193. The Morgan fingerprint density at radius 2 is 2.05 bits per heavy atom. The predicted octanol–water partition coefficient (Wildman–Crippen LogP) is -0.0355.